The minimum Gasteiger partial charge on any atom is -0.504 e. The fraction of sp³-hybridized carbons (Fsp3) is 0.107. The Hall–Kier alpha value is -6.05. The van der Waals surface area contributed by atoms with E-state index in [-0.39, 0.29) is 59.3 Å². The normalized spacial score (nSPS) is 10.8. The Morgan fingerprint density at radius 2 is 0.762 bits per heavy atom. The lowest BCUT2D eigenvalue weighted by Crippen LogP contribution is -2.02. The van der Waals surface area contributed by atoms with E-state index in [0.29, 0.717) is 0 Å². The van der Waals surface area contributed by atoms with Gasteiger partial charge in [0.15, 0.2) is 51.7 Å². The number of hydrogen-bond acceptors (Lipinski definition) is 13. The first-order valence-corrected chi connectivity index (χ1v) is 11.8. The first-order chi connectivity index (χ1) is 19.8. The van der Waals surface area contributed by atoms with Crippen LogP contribution in [0.4, 0.5) is 0 Å². The highest BCUT2D eigenvalue weighted by molar-refractivity contribution is 5.89. The molecule has 0 aliphatic carbocycles. The van der Waals surface area contributed by atoms with Gasteiger partial charge in [0.05, 0.1) is 5.56 Å². The molecule has 0 spiro atoms. The van der Waals surface area contributed by atoms with E-state index in [1.165, 1.54) is 12.1 Å². The monoisotopic (exact) mass is 584 g/mol. The Kier molecular flexibility index (Phi) is 7.99. The smallest absolute Gasteiger partial charge is 0.335 e. The SMILES string of the molecule is O=C(O)c1cc(O)c(O)c(OCc2cc(O)c(O)c(OCc3cc(O)c(O)c(OCc4cc(O)c(O)c(O)c4)c3)c2)c1. The number of ether oxygens (including phenoxy) is 3. The first-order valence-electron chi connectivity index (χ1n) is 11.8. The summed E-state index contributed by atoms with van der Waals surface area (Å²) in [7, 11) is 0. The summed E-state index contributed by atoms with van der Waals surface area (Å²) < 4.78 is 16.4. The number of carbonyl (C=O) groups is 1. The van der Waals surface area contributed by atoms with Crippen LogP contribution in [0, 0.1) is 0 Å². The molecule has 4 aromatic rings. The van der Waals surface area contributed by atoms with Gasteiger partial charge in [-0.05, 0) is 65.2 Å². The third kappa shape index (κ3) is 6.22. The van der Waals surface area contributed by atoms with Gasteiger partial charge in [0, 0.05) is 0 Å². The molecule has 14 heteroatoms. The van der Waals surface area contributed by atoms with Gasteiger partial charge in [0.2, 0.25) is 17.2 Å². The summed E-state index contributed by atoms with van der Waals surface area (Å²) in [4.78, 5) is 11.2. The lowest BCUT2D eigenvalue weighted by atomic mass is 10.1. The molecule has 0 aromatic heterocycles. The van der Waals surface area contributed by atoms with Gasteiger partial charge >= 0.3 is 5.97 Å². The molecule has 0 unspecified atom stereocenters. The molecule has 4 rings (SSSR count). The number of phenols is 9. The molecular formula is C28H24O14. The Morgan fingerprint density at radius 1 is 0.452 bits per heavy atom. The Bertz CT molecular complexity index is 1640. The average Bonchev–Trinajstić information content (AvgIpc) is 2.94. The van der Waals surface area contributed by atoms with Crippen LogP contribution in [0.3, 0.4) is 0 Å². The van der Waals surface area contributed by atoms with Crippen molar-refractivity contribution in [3.63, 3.8) is 0 Å². The number of benzene rings is 4. The molecule has 0 aliphatic heterocycles. The van der Waals surface area contributed by atoms with Crippen molar-refractivity contribution in [1.29, 1.82) is 0 Å². The van der Waals surface area contributed by atoms with Gasteiger partial charge in [-0.15, -0.1) is 0 Å². The van der Waals surface area contributed by atoms with Crippen molar-refractivity contribution in [1.82, 2.24) is 0 Å². The van der Waals surface area contributed by atoms with Gasteiger partial charge in [0.25, 0.3) is 0 Å². The molecule has 0 fully saturated rings. The molecule has 0 bridgehead atoms. The topological polar surface area (TPSA) is 247 Å². The fourth-order valence-corrected chi connectivity index (χ4v) is 3.74. The van der Waals surface area contributed by atoms with Crippen LogP contribution in [0.5, 0.6) is 69.0 Å². The zero-order valence-electron chi connectivity index (χ0n) is 21.3. The van der Waals surface area contributed by atoms with Crippen LogP contribution in [0.1, 0.15) is 27.0 Å². The van der Waals surface area contributed by atoms with Crippen LogP contribution in [-0.2, 0) is 19.8 Å². The molecule has 0 atom stereocenters. The van der Waals surface area contributed by atoms with Gasteiger partial charge in [-0.2, -0.15) is 0 Å². The third-order valence-electron chi connectivity index (χ3n) is 5.84. The Labute approximate surface area is 236 Å². The zero-order chi connectivity index (χ0) is 30.7. The van der Waals surface area contributed by atoms with E-state index in [2.05, 4.69) is 0 Å². The number of rotatable bonds is 10. The van der Waals surface area contributed by atoms with Crippen molar-refractivity contribution >= 4 is 5.97 Å². The molecule has 4 aromatic carbocycles. The van der Waals surface area contributed by atoms with E-state index in [4.69, 9.17) is 19.3 Å². The predicted octanol–water partition coefficient (Wildman–Crippen LogP) is 3.47. The number of carboxylic acid groups (broad SMARTS) is 1. The highest BCUT2D eigenvalue weighted by Gasteiger charge is 2.18. The van der Waals surface area contributed by atoms with Crippen LogP contribution in [0.15, 0.2) is 48.5 Å². The van der Waals surface area contributed by atoms with Crippen molar-refractivity contribution in [2.45, 2.75) is 19.8 Å². The number of aromatic hydroxyl groups is 9. The summed E-state index contributed by atoms with van der Waals surface area (Å²) in [5.41, 5.74) is 0.319. The second-order valence-electron chi connectivity index (χ2n) is 8.92. The average molecular weight is 584 g/mol. The van der Waals surface area contributed by atoms with E-state index in [1.807, 2.05) is 0 Å². The predicted molar refractivity (Wildman–Crippen MR) is 141 cm³/mol. The van der Waals surface area contributed by atoms with Gasteiger partial charge in [-0.25, -0.2) is 4.79 Å². The summed E-state index contributed by atoms with van der Waals surface area (Å²) in [5.74, 6) is -7.94. The van der Waals surface area contributed by atoms with Crippen LogP contribution < -0.4 is 14.2 Å². The second-order valence-corrected chi connectivity index (χ2v) is 8.92. The Morgan fingerprint density at radius 3 is 1.14 bits per heavy atom. The highest BCUT2D eigenvalue weighted by Crippen LogP contribution is 2.42. The zero-order valence-corrected chi connectivity index (χ0v) is 21.3. The number of phenolic OH excluding ortho intramolecular Hbond substituents is 9. The van der Waals surface area contributed by atoms with E-state index in [1.54, 1.807) is 0 Å². The molecule has 42 heavy (non-hydrogen) atoms. The van der Waals surface area contributed by atoms with E-state index in [9.17, 15) is 50.8 Å². The molecule has 0 saturated heterocycles. The second kappa shape index (κ2) is 11.6. The maximum absolute atomic E-state index is 11.2. The van der Waals surface area contributed by atoms with E-state index < -0.39 is 57.7 Å². The fourth-order valence-electron chi connectivity index (χ4n) is 3.74. The molecule has 14 nitrogen and oxygen atoms in total. The van der Waals surface area contributed by atoms with Crippen LogP contribution in [0.2, 0.25) is 0 Å². The number of aromatic carboxylic acids is 1. The molecule has 0 aliphatic rings. The summed E-state index contributed by atoms with van der Waals surface area (Å²) in [6, 6.07) is 8.91. The molecule has 220 valence electrons. The summed E-state index contributed by atoms with van der Waals surface area (Å²) in [6.07, 6.45) is 0. The molecular weight excluding hydrogens is 560 g/mol. The third-order valence-corrected chi connectivity index (χ3v) is 5.84. The summed E-state index contributed by atoms with van der Waals surface area (Å²) >= 11 is 0. The van der Waals surface area contributed by atoms with Gasteiger partial charge in [0.1, 0.15) is 19.8 Å². The van der Waals surface area contributed by atoms with E-state index >= 15 is 0 Å². The van der Waals surface area contributed by atoms with Crippen molar-refractivity contribution in [3.8, 4) is 69.0 Å². The van der Waals surface area contributed by atoms with E-state index in [0.717, 1.165) is 36.4 Å². The maximum atomic E-state index is 11.2. The largest absolute Gasteiger partial charge is 0.504 e. The highest BCUT2D eigenvalue weighted by atomic mass is 16.5. The number of hydrogen-bond donors (Lipinski definition) is 10. The van der Waals surface area contributed by atoms with Crippen LogP contribution in [0.25, 0.3) is 0 Å². The quantitative estimate of drug-likeness (QED) is 0.120. The summed E-state index contributed by atoms with van der Waals surface area (Å²) in [5, 5.41) is 98.4. The van der Waals surface area contributed by atoms with Crippen LogP contribution in [-0.4, -0.2) is 57.0 Å². The van der Waals surface area contributed by atoms with Crippen molar-refractivity contribution in [3.05, 3.63) is 70.8 Å². The van der Waals surface area contributed by atoms with Gasteiger partial charge in [-0.1, -0.05) is 0 Å². The maximum Gasteiger partial charge on any atom is 0.335 e. The van der Waals surface area contributed by atoms with Gasteiger partial charge in [-0.3, -0.25) is 0 Å². The minimum absolute atomic E-state index is 0.206. The lowest BCUT2D eigenvalue weighted by molar-refractivity contribution is 0.0695. The minimum atomic E-state index is -1.37. The van der Waals surface area contributed by atoms with Gasteiger partial charge < -0.3 is 65.3 Å². The molecule has 10 N–H and O–H groups in total. The number of carboxylic acids is 1. The first kappa shape index (κ1) is 28.9. The lowest BCUT2D eigenvalue weighted by Gasteiger charge is -2.15. The summed E-state index contributed by atoms with van der Waals surface area (Å²) in [6.45, 7) is -0.976. The Balaban J connectivity index is 1.49. The molecule has 0 heterocycles. The van der Waals surface area contributed by atoms with Crippen molar-refractivity contribution in [2.24, 2.45) is 0 Å². The van der Waals surface area contributed by atoms with Crippen molar-refractivity contribution in [2.75, 3.05) is 0 Å². The molecule has 0 radical (unpaired) electrons. The van der Waals surface area contributed by atoms with Crippen LogP contribution >= 0.6 is 0 Å². The standard InChI is InChI=1S/C28H24O14/c29-16-1-12(2-17(30)24(16)34)9-40-21-5-13(3-18(31)25(21)35)10-41-22-6-14(4-19(32)26(22)36)11-42-23-8-15(28(38)39)7-20(33)27(23)37/h1-8,29-37H,9-11H2,(H,38,39). The molecule has 0 amide bonds. The molecule has 0 saturated carbocycles. The van der Waals surface area contributed by atoms with Crippen molar-refractivity contribution < 1.29 is 70.1 Å².